The van der Waals surface area contributed by atoms with Crippen LogP contribution < -0.4 is 0 Å². The Balaban J connectivity index is 1.89. The summed E-state index contributed by atoms with van der Waals surface area (Å²) in [5.41, 5.74) is 1.76. The Labute approximate surface area is 131 Å². The van der Waals surface area contributed by atoms with Crippen LogP contribution in [-0.2, 0) is 0 Å². The summed E-state index contributed by atoms with van der Waals surface area (Å²) >= 11 is 9.36. The number of rotatable bonds is 2. The molecule has 1 N–H and O–H groups in total. The molecule has 1 unspecified atom stereocenters. The lowest BCUT2D eigenvalue weighted by Crippen LogP contribution is -2.31. The maximum atomic E-state index is 12.7. The summed E-state index contributed by atoms with van der Waals surface area (Å²) in [5.74, 6) is 0.0469. The number of aromatic nitrogens is 1. The summed E-state index contributed by atoms with van der Waals surface area (Å²) in [6.07, 6.45) is 3.92. The quantitative estimate of drug-likeness (QED) is 0.853. The third kappa shape index (κ3) is 2.50. The summed E-state index contributed by atoms with van der Waals surface area (Å²) in [4.78, 5) is 17.9. The Kier molecular flexibility index (Phi) is 3.85. The van der Waals surface area contributed by atoms with Gasteiger partial charge < -0.3 is 9.88 Å². The zero-order valence-corrected chi connectivity index (χ0v) is 13.1. The molecule has 2 heterocycles. The lowest BCUT2D eigenvalue weighted by Gasteiger charge is -2.24. The standard InChI is InChI=1S/C15H14BrClN2O/c16-12-9-10(17)5-6-11(12)15(20)19-8-2-4-14(19)13-3-1-7-18-13/h1,3,5-7,9,14,18H,2,4,8H2. The minimum absolute atomic E-state index is 0.0469. The first kappa shape index (κ1) is 13.7. The number of halogens is 2. The molecule has 3 rings (SSSR count). The molecule has 1 amide bonds. The van der Waals surface area contributed by atoms with E-state index in [1.54, 1.807) is 18.2 Å². The van der Waals surface area contributed by atoms with Gasteiger partial charge in [-0.3, -0.25) is 4.79 Å². The van der Waals surface area contributed by atoms with Crippen molar-refractivity contribution in [3.8, 4) is 0 Å². The van der Waals surface area contributed by atoms with E-state index >= 15 is 0 Å². The normalized spacial score (nSPS) is 18.5. The van der Waals surface area contributed by atoms with Crippen molar-refractivity contribution < 1.29 is 4.79 Å². The largest absolute Gasteiger partial charge is 0.363 e. The number of hydrogen-bond acceptors (Lipinski definition) is 1. The van der Waals surface area contributed by atoms with Crippen LogP contribution in [-0.4, -0.2) is 22.3 Å². The Hall–Kier alpha value is -1.26. The highest BCUT2D eigenvalue weighted by molar-refractivity contribution is 9.10. The molecule has 0 radical (unpaired) electrons. The SMILES string of the molecule is O=C(c1ccc(Cl)cc1Br)N1CCCC1c1ccc[nH]1. The van der Waals surface area contributed by atoms with Crippen molar-refractivity contribution >= 4 is 33.4 Å². The molecular weight excluding hydrogens is 340 g/mol. The zero-order valence-electron chi connectivity index (χ0n) is 10.8. The van der Waals surface area contributed by atoms with Gasteiger partial charge in [-0.2, -0.15) is 0 Å². The van der Waals surface area contributed by atoms with Gasteiger partial charge in [0.2, 0.25) is 0 Å². The molecule has 1 fully saturated rings. The molecule has 1 aliphatic heterocycles. The minimum Gasteiger partial charge on any atom is -0.363 e. The second kappa shape index (κ2) is 5.62. The fourth-order valence-corrected chi connectivity index (χ4v) is 3.55. The van der Waals surface area contributed by atoms with Crippen LogP contribution in [0, 0.1) is 0 Å². The first-order chi connectivity index (χ1) is 9.66. The Morgan fingerprint density at radius 2 is 2.25 bits per heavy atom. The van der Waals surface area contributed by atoms with Gasteiger partial charge in [0.15, 0.2) is 0 Å². The maximum Gasteiger partial charge on any atom is 0.255 e. The van der Waals surface area contributed by atoms with Crippen LogP contribution >= 0.6 is 27.5 Å². The lowest BCUT2D eigenvalue weighted by molar-refractivity contribution is 0.0732. The predicted molar refractivity (Wildman–Crippen MR) is 83.0 cm³/mol. The molecule has 1 aliphatic rings. The average molecular weight is 354 g/mol. The molecule has 0 aliphatic carbocycles. The number of carbonyl (C=O) groups is 1. The van der Waals surface area contributed by atoms with E-state index in [4.69, 9.17) is 11.6 Å². The molecule has 1 aromatic heterocycles. The number of nitrogens with zero attached hydrogens (tertiary/aromatic N) is 1. The van der Waals surface area contributed by atoms with Gasteiger partial charge in [0.25, 0.3) is 5.91 Å². The van der Waals surface area contributed by atoms with Crippen molar-refractivity contribution in [2.45, 2.75) is 18.9 Å². The first-order valence-corrected chi connectivity index (χ1v) is 7.73. The van der Waals surface area contributed by atoms with Crippen LogP contribution in [0.5, 0.6) is 0 Å². The average Bonchev–Trinajstić information content (AvgIpc) is 3.09. The van der Waals surface area contributed by atoms with Crippen LogP contribution in [0.2, 0.25) is 5.02 Å². The Bertz CT molecular complexity index is 627. The molecule has 3 nitrogen and oxygen atoms in total. The third-order valence-electron chi connectivity index (χ3n) is 3.66. The monoisotopic (exact) mass is 352 g/mol. The number of aromatic amines is 1. The van der Waals surface area contributed by atoms with Gasteiger partial charge in [0, 0.05) is 27.9 Å². The fourth-order valence-electron chi connectivity index (χ4n) is 2.70. The van der Waals surface area contributed by atoms with Gasteiger partial charge in [-0.15, -0.1) is 0 Å². The van der Waals surface area contributed by atoms with E-state index in [0.717, 1.165) is 29.6 Å². The first-order valence-electron chi connectivity index (χ1n) is 6.56. The van der Waals surface area contributed by atoms with Gasteiger partial charge in [-0.25, -0.2) is 0 Å². The topological polar surface area (TPSA) is 36.1 Å². The van der Waals surface area contributed by atoms with Crippen molar-refractivity contribution in [1.29, 1.82) is 0 Å². The third-order valence-corrected chi connectivity index (χ3v) is 4.55. The second-order valence-electron chi connectivity index (χ2n) is 4.91. The Morgan fingerprint density at radius 1 is 1.40 bits per heavy atom. The van der Waals surface area contributed by atoms with Crippen LogP contribution in [0.4, 0.5) is 0 Å². The summed E-state index contributed by atoms with van der Waals surface area (Å²) in [5, 5.41) is 0.621. The second-order valence-corrected chi connectivity index (χ2v) is 6.20. The lowest BCUT2D eigenvalue weighted by atomic mass is 10.1. The number of nitrogens with one attached hydrogen (secondary N) is 1. The maximum absolute atomic E-state index is 12.7. The van der Waals surface area contributed by atoms with Gasteiger partial charge in [-0.05, 0) is 59.1 Å². The van der Waals surface area contributed by atoms with Gasteiger partial charge >= 0.3 is 0 Å². The summed E-state index contributed by atoms with van der Waals surface area (Å²) in [7, 11) is 0. The number of benzene rings is 1. The van der Waals surface area contributed by atoms with E-state index in [0.29, 0.717) is 10.6 Å². The van der Waals surface area contributed by atoms with Crippen molar-refractivity contribution in [3.63, 3.8) is 0 Å². The van der Waals surface area contributed by atoms with E-state index in [1.807, 2.05) is 23.2 Å². The molecule has 2 aromatic rings. The molecule has 0 bridgehead atoms. The number of amides is 1. The van der Waals surface area contributed by atoms with Gasteiger partial charge in [0.1, 0.15) is 0 Å². The van der Waals surface area contributed by atoms with E-state index in [-0.39, 0.29) is 11.9 Å². The molecule has 20 heavy (non-hydrogen) atoms. The smallest absolute Gasteiger partial charge is 0.255 e. The van der Waals surface area contributed by atoms with E-state index in [9.17, 15) is 4.79 Å². The molecular formula is C15H14BrClN2O. The summed E-state index contributed by atoms with van der Waals surface area (Å²) < 4.78 is 0.743. The minimum atomic E-state index is 0.0469. The summed E-state index contributed by atoms with van der Waals surface area (Å²) in [6, 6.07) is 9.42. The van der Waals surface area contributed by atoms with Crippen LogP contribution in [0.3, 0.4) is 0 Å². The van der Waals surface area contributed by atoms with Crippen molar-refractivity contribution in [3.05, 3.63) is 57.3 Å². The van der Waals surface area contributed by atoms with Crippen molar-refractivity contribution in [2.75, 3.05) is 6.54 Å². The Morgan fingerprint density at radius 3 is 2.95 bits per heavy atom. The van der Waals surface area contributed by atoms with Crippen LogP contribution in [0.15, 0.2) is 41.0 Å². The molecule has 1 saturated heterocycles. The van der Waals surface area contributed by atoms with E-state index < -0.39 is 0 Å². The number of hydrogen-bond donors (Lipinski definition) is 1. The van der Waals surface area contributed by atoms with Gasteiger partial charge in [0.05, 0.1) is 11.6 Å². The van der Waals surface area contributed by atoms with Crippen LogP contribution in [0.25, 0.3) is 0 Å². The molecule has 0 saturated carbocycles. The molecule has 104 valence electrons. The molecule has 0 spiro atoms. The summed E-state index contributed by atoms with van der Waals surface area (Å²) in [6.45, 7) is 0.789. The van der Waals surface area contributed by atoms with Crippen molar-refractivity contribution in [2.24, 2.45) is 0 Å². The molecule has 5 heteroatoms. The van der Waals surface area contributed by atoms with Crippen LogP contribution in [0.1, 0.15) is 34.9 Å². The molecule has 1 aromatic carbocycles. The highest BCUT2D eigenvalue weighted by Gasteiger charge is 2.31. The highest BCUT2D eigenvalue weighted by atomic mass is 79.9. The van der Waals surface area contributed by atoms with E-state index in [1.165, 1.54) is 0 Å². The number of carbonyl (C=O) groups excluding carboxylic acids is 1. The predicted octanol–water partition coefficient (Wildman–Crippen LogP) is 4.41. The highest BCUT2D eigenvalue weighted by Crippen LogP contribution is 2.33. The van der Waals surface area contributed by atoms with Gasteiger partial charge in [-0.1, -0.05) is 11.6 Å². The number of likely N-dealkylation sites (tertiary alicyclic amines) is 1. The fraction of sp³-hybridized carbons (Fsp3) is 0.267. The zero-order chi connectivity index (χ0) is 14.1. The van der Waals surface area contributed by atoms with Crippen molar-refractivity contribution in [1.82, 2.24) is 9.88 Å². The van der Waals surface area contributed by atoms with E-state index in [2.05, 4.69) is 20.9 Å². The molecule has 1 atom stereocenters. The number of H-pyrrole nitrogens is 1.